The molecule has 0 aromatic carbocycles. The SMILES string of the molecule is Cc1csc(NC(=O)N[C@H]2CC[C@@H](COC(N)=O)CC2)c1. The Hall–Kier alpha value is -1.76. The summed E-state index contributed by atoms with van der Waals surface area (Å²) in [6, 6.07) is 1.96. The van der Waals surface area contributed by atoms with E-state index in [1.165, 1.54) is 11.3 Å². The van der Waals surface area contributed by atoms with Gasteiger partial charge in [-0.25, -0.2) is 9.59 Å². The highest BCUT2D eigenvalue weighted by atomic mass is 32.1. The number of hydrogen-bond acceptors (Lipinski definition) is 4. The van der Waals surface area contributed by atoms with Crippen molar-refractivity contribution in [2.45, 2.75) is 38.6 Å². The Bertz CT molecular complexity index is 495. The summed E-state index contributed by atoms with van der Waals surface area (Å²) < 4.78 is 4.82. The number of ether oxygens (including phenoxy) is 1. The highest BCUT2D eigenvalue weighted by Gasteiger charge is 2.23. The smallest absolute Gasteiger partial charge is 0.404 e. The maximum atomic E-state index is 11.9. The fourth-order valence-electron chi connectivity index (χ4n) is 2.50. The Morgan fingerprint density at radius 2 is 2.10 bits per heavy atom. The summed E-state index contributed by atoms with van der Waals surface area (Å²) in [6.45, 7) is 2.37. The lowest BCUT2D eigenvalue weighted by molar-refractivity contribution is 0.120. The van der Waals surface area contributed by atoms with Crippen molar-refractivity contribution in [2.75, 3.05) is 11.9 Å². The van der Waals surface area contributed by atoms with Crippen LogP contribution in [0.1, 0.15) is 31.2 Å². The van der Waals surface area contributed by atoms with Crippen LogP contribution in [0.25, 0.3) is 0 Å². The number of anilines is 1. The van der Waals surface area contributed by atoms with Gasteiger partial charge in [0.15, 0.2) is 0 Å². The summed E-state index contributed by atoms with van der Waals surface area (Å²) in [4.78, 5) is 22.4. The highest BCUT2D eigenvalue weighted by Crippen LogP contribution is 2.25. The van der Waals surface area contributed by atoms with Gasteiger partial charge in [-0.2, -0.15) is 0 Å². The molecule has 0 aliphatic heterocycles. The van der Waals surface area contributed by atoms with Crippen LogP contribution in [0.4, 0.5) is 14.6 Å². The van der Waals surface area contributed by atoms with Crippen molar-refractivity contribution in [3.63, 3.8) is 0 Å². The van der Waals surface area contributed by atoms with Gasteiger partial charge in [-0.1, -0.05) is 0 Å². The summed E-state index contributed by atoms with van der Waals surface area (Å²) in [5, 5.41) is 8.68. The number of nitrogens with two attached hydrogens (primary N) is 1. The molecule has 0 atom stereocenters. The van der Waals surface area contributed by atoms with Gasteiger partial charge in [0.05, 0.1) is 11.6 Å². The van der Waals surface area contributed by atoms with Crippen molar-refractivity contribution in [3.05, 3.63) is 17.0 Å². The van der Waals surface area contributed by atoms with Crippen LogP contribution in [0.3, 0.4) is 0 Å². The molecule has 1 aromatic heterocycles. The minimum absolute atomic E-state index is 0.159. The Morgan fingerprint density at radius 3 is 2.67 bits per heavy atom. The van der Waals surface area contributed by atoms with Gasteiger partial charge in [0.1, 0.15) is 0 Å². The summed E-state index contributed by atoms with van der Waals surface area (Å²) in [7, 11) is 0. The Labute approximate surface area is 128 Å². The van der Waals surface area contributed by atoms with Gasteiger partial charge in [-0.15, -0.1) is 11.3 Å². The van der Waals surface area contributed by atoms with Crippen LogP contribution in [0, 0.1) is 12.8 Å². The van der Waals surface area contributed by atoms with E-state index in [-0.39, 0.29) is 12.1 Å². The standard InChI is InChI=1S/C14H21N3O3S/c1-9-6-12(21-8-9)17-14(19)16-11-4-2-10(3-5-11)7-20-13(15)18/h6,8,10-11H,2-5,7H2,1H3,(H2,15,18)(H2,16,17,19)/t10-,11+. The maximum absolute atomic E-state index is 11.9. The van der Waals surface area contributed by atoms with Crippen molar-refractivity contribution < 1.29 is 14.3 Å². The second-order valence-electron chi connectivity index (χ2n) is 5.43. The van der Waals surface area contributed by atoms with Gasteiger partial charge in [-0.05, 0) is 55.5 Å². The third-order valence-electron chi connectivity index (χ3n) is 3.61. The Kier molecular flexibility index (Phi) is 5.44. The average molecular weight is 311 g/mol. The molecule has 0 radical (unpaired) electrons. The fourth-order valence-corrected chi connectivity index (χ4v) is 3.29. The van der Waals surface area contributed by atoms with E-state index in [1.54, 1.807) is 0 Å². The number of urea groups is 1. The second kappa shape index (κ2) is 7.31. The number of carbonyl (C=O) groups is 2. The average Bonchev–Trinajstić information content (AvgIpc) is 2.83. The molecule has 116 valence electrons. The number of rotatable bonds is 4. The molecule has 0 bridgehead atoms. The number of carbonyl (C=O) groups excluding carboxylic acids is 2. The molecule has 6 nitrogen and oxygen atoms in total. The van der Waals surface area contributed by atoms with Crippen molar-refractivity contribution in [1.29, 1.82) is 0 Å². The van der Waals surface area contributed by atoms with E-state index >= 15 is 0 Å². The van der Waals surface area contributed by atoms with E-state index in [9.17, 15) is 9.59 Å². The number of amides is 3. The van der Waals surface area contributed by atoms with Crippen LogP contribution < -0.4 is 16.4 Å². The first-order chi connectivity index (χ1) is 10.0. The lowest BCUT2D eigenvalue weighted by Gasteiger charge is -2.28. The zero-order valence-corrected chi connectivity index (χ0v) is 12.9. The molecular formula is C14H21N3O3S. The summed E-state index contributed by atoms with van der Waals surface area (Å²) in [5.41, 5.74) is 6.10. The third-order valence-corrected chi connectivity index (χ3v) is 4.57. The van der Waals surface area contributed by atoms with E-state index < -0.39 is 6.09 Å². The predicted molar refractivity (Wildman–Crippen MR) is 82.5 cm³/mol. The van der Waals surface area contributed by atoms with Gasteiger partial charge < -0.3 is 15.8 Å². The molecule has 0 unspecified atom stereocenters. The number of primary amides is 1. The van der Waals surface area contributed by atoms with Gasteiger partial charge in [-0.3, -0.25) is 5.32 Å². The first-order valence-corrected chi connectivity index (χ1v) is 7.96. The zero-order valence-electron chi connectivity index (χ0n) is 12.1. The Morgan fingerprint density at radius 1 is 1.38 bits per heavy atom. The van der Waals surface area contributed by atoms with Crippen LogP contribution in [0.15, 0.2) is 11.4 Å². The molecule has 0 spiro atoms. The topological polar surface area (TPSA) is 93.4 Å². The molecule has 7 heteroatoms. The molecule has 0 saturated heterocycles. The number of thiophene rings is 1. The highest BCUT2D eigenvalue weighted by molar-refractivity contribution is 7.14. The molecular weight excluding hydrogens is 290 g/mol. The summed E-state index contributed by atoms with van der Waals surface area (Å²) in [6.07, 6.45) is 2.92. The molecule has 21 heavy (non-hydrogen) atoms. The quantitative estimate of drug-likeness (QED) is 0.798. The number of aryl methyl sites for hydroxylation is 1. The monoisotopic (exact) mass is 311 g/mol. The van der Waals surface area contributed by atoms with Crippen molar-refractivity contribution in [2.24, 2.45) is 11.7 Å². The lowest BCUT2D eigenvalue weighted by atomic mass is 9.86. The van der Waals surface area contributed by atoms with Crippen molar-refractivity contribution in [1.82, 2.24) is 5.32 Å². The van der Waals surface area contributed by atoms with Gasteiger partial charge in [0, 0.05) is 6.04 Å². The van der Waals surface area contributed by atoms with E-state index in [4.69, 9.17) is 10.5 Å². The van der Waals surface area contributed by atoms with E-state index in [0.717, 1.165) is 36.2 Å². The second-order valence-corrected chi connectivity index (χ2v) is 6.35. The molecule has 1 aliphatic carbocycles. The largest absolute Gasteiger partial charge is 0.449 e. The molecule has 1 aliphatic rings. The summed E-state index contributed by atoms with van der Waals surface area (Å²) >= 11 is 1.52. The van der Waals surface area contributed by atoms with Crippen molar-refractivity contribution in [3.8, 4) is 0 Å². The predicted octanol–water partition coefficient (Wildman–Crippen LogP) is 2.83. The minimum atomic E-state index is -0.721. The lowest BCUT2D eigenvalue weighted by Crippen LogP contribution is -2.40. The number of hydrogen-bond donors (Lipinski definition) is 3. The fraction of sp³-hybridized carbons (Fsp3) is 0.571. The first-order valence-electron chi connectivity index (χ1n) is 7.08. The molecule has 4 N–H and O–H groups in total. The van der Waals surface area contributed by atoms with E-state index in [1.807, 2.05) is 18.4 Å². The molecule has 1 aromatic rings. The molecule has 3 amide bonds. The summed E-state index contributed by atoms with van der Waals surface area (Å²) in [5.74, 6) is 0.346. The number of nitrogens with one attached hydrogen (secondary N) is 2. The van der Waals surface area contributed by atoms with Gasteiger partial charge in [0.25, 0.3) is 0 Å². The van der Waals surface area contributed by atoms with Crippen LogP contribution in [0.2, 0.25) is 0 Å². The minimum Gasteiger partial charge on any atom is -0.449 e. The van der Waals surface area contributed by atoms with Crippen molar-refractivity contribution >= 4 is 28.5 Å². The molecule has 1 fully saturated rings. The van der Waals surface area contributed by atoms with Gasteiger partial charge >= 0.3 is 12.1 Å². The first kappa shape index (κ1) is 15.6. The zero-order chi connectivity index (χ0) is 15.2. The maximum Gasteiger partial charge on any atom is 0.404 e. The molecule has 1 saturated carbocycles. The molecule has 1 heterocycles. The Balaban J connectivity index is 1.68. The van der Waals surface area contributed by atoms with Crippen LogP contribution in [-0.2, 0) is 4.74 Å². The van der Waals surface area contributed by atoms with Crippen LogP contribution in [-0.4, -0.2) is 24.8 Å². The van der Waals surface area contributed by atoms with E-state index in [0.29, 0.717) is 12.5 Å². The molecule has 2 rings (SSSR count). The third kappa shape index (κ3) is 5.26. The van der Waals surface area contributed by atoms with Crippen LogP contribution >= 0.6 is 11.3 Å². The van der Waals surface area contributed by atoms with Crippen LogP contribution in [0.5, 0.6) is 0 Å². The van der Waals surface area contributed by atoms with E-state index in [2.05, 4.69) is 10.6 Å². The normalized spacial score (nSPS) is 21.6. The van der Waals surface area contributed by atoms with Gasteiger partial charge in [0.2, 0.25) is 0 Å².